The van der Waals surface area contributed by atoms with E-state index in [1.165, 1.54) is 23.5 Å². The third kappa shape index (κ3) is 2.98. The summed E-state index contributed by atoms with van der Waals surface area (Å²) < 4.78 is 26.8. The molecule has 1 aromatic carbocycles. The molecule has 0 bridgehead atoms. The molecule has 1 aromatic heterocycles. The molecule has 0 fully saturated rings. The van der Waals surface area contributed by atoms with Gasteiger partial charge in [0.25, 0.3) is 0 Å². The summed E-state index contributed by atoms with van der Waals surface area (Å²) in [6.45, 7) is 4.12. The van der Waals surface area contributed by atoms with Crippen molar-refractivity contribution >= 4 is 11.3 Å². The highest BCUT2D eigenvalue weighted by Crippen LogP contribution is 2.29. The Hall–Kier alpha value is -1.33. The van der Waals surface area contributed by atoms with Gasteiger partial charge in [-0.1, -0.05) is 19.9 Å². The average Bonchev–Trinajstić information content (AvgIpc) is 2.82. The topological polar surface area (TPSA) is 24.9 Å². The van der Waals surface area contributed by atoms with E-state index in [4.69, 9.17) is 0 Å². The van der Waals surface area contributed by atoms with Crippen molar-refractivity contribution in [2.24, 2.45) is 0 Å². The van der Waals surface area contributed by atoms with E-state index in [2.05, 4.69) is 24.1 Å². The quantitative estimate of drug-likeness (QED) is 0.921. The Morgan fingerprint density at radius 2 is 2.00 bits per heavy atom. The predicted octanol–water partition coefficient (Wildman–Crippen LogP) is 3.85. The summed E-state index contributed by atoms with van der Waals surface area (Å²) in [5.74, 6) is -0.792. The number of nitrogens with one attached hydrogen (secondary N) is 1. The van der Waals surface area contributed by atoms with Crippen molar-refractivity contribution in [2.45, 2.75) is 25.8 Å². The predicted molar refractivity (Wildman–Crippen MR) is 73.5 cm³/mol. The van der Waals surface area contributed by atoms with Gasteiger partial charge in [0.1, 0.15) is 16.6 Å². The zero-order valence-electron chi connectivity index (χ0n) is 11.1. The van der Waals surface area contributed by atoms with Gasteiger partial charge in [-0.05, 0) is 19.0 Å². The van der Waals surface area contributed by atoms with Gasteiger partial charge in [-0.2, -0.15) is 0 Å². The van der Waals surface area contributed by atoms with Crippen LogP contribution in [0.15, 0.2) is 23.6 Å². The molecule has 0 aliphatic heterocycles. The summed E-state index contributed by atoms with van der Waals surface area (Å²) >= 11 is 1.48. The maximum atomic E-state index is 13.8. The van der Waals surface area contributed by atoms with Crippen molar-refractivity contribution in [2.75, 3.05) is 7.05 Å². The highest BCUT2D eigenvalue weighted by Gasteiger charge is 2.20. The van der Waals surface area contributed by atoms with Crippen LogP contribution >= 0.6 is 11.3 Å². The highest BCUT2D eigenvalue weighted by molar-refractivity contribution is 7.09. The summed E-state index contributed by atoms with van der Waals surface area (Å²) in [6.07, 6.45) is 0. The molecule has 0 aliphatic rings. The fourth-order valence-corrected chi connectivity index (χ4v) is 2.95. The number of thiazole rings is 1. The molecular weight excluding hydrogens is 266 g/mol. The summed E-state index contributed by atoms with van der Waals surface area (Å²) in [7, 11) is 1.74. The molecule has 0 aliphatic carbocycles. The minimum absolute atomic E-state index is 0.334. The fourth-order valence-electron chi connectivity index (χ4n) is 1.85. The normalized spacial score (nSPS) is 12.9. The molecule has 0 amide bonds. The molecule has 0 saturated carbocycles. The highest BCUT2D eigenvalue weighted by atomic mass is 32.1. The van der Waals surface area contributed by atoms with Gasteiger partial charge in [0.2, 0.25) is 0 Å². The number of hydrogen-bond donors (Lipinski definition) is 1. The van der Waals surface area contributed by atoms with E-state index < -0.39 is 11.6 Å². The lowest BCUT2D eigenvalue weighted by atomic mass is 10.1. The molecule has 1 unspecified atom stereocenters. The van der Waals surface area contributed by atoms with Crippen LogP contribution in [0.4, 0.5) is 8.78 Å². The minimum Gasteiger partial charge on any atom is -0.307 e. The second kappa shape index (κ2) is 5.75. The molecule has 5 heteroatoms. The molecule has 2 nitrogen and oxygen atoms in total. The molecule has 0 radical (unpaired) electrons. The van der Waals surface area contributed by atoms with Crippen LogP contribution in [-0.2, 0) is 0 Å². The van der Waals surface area contributed by atoms with E-state index in [-0.39, 0.29) is 6.04 Å². The minimum atomic E-state index is -0.571. The van der Waals surface area contributed by atoms with Crippen LogP contribution in [0.1, 0.15) is 42.1 Å². The molecular formula is C14H16F2N2S. The molecule has 1 N–H and O–H groups in total. The summed E-state index contributed by atoms with van der Waals surface area (Å²) in [5.41, 5.74) is 1.40. The Kier molecular flexibility index (Phi) is 4.27. The van der Waals surface area contributed by atoms with Crippen molar-refractivity contribution in [3.63, 3.8) is 0 Å². The van der Waals surface area contributed by atoms with Crippen LogP contribution < -0.4 is 5.32 Å². The molecule has 2 aromatic rings. The van der Waals surface area contributed by atoms with Gasteiger partial charge in [0.15, 0.2) is 0 Å². The summed E-state index contributed by atoms with van der Waals surface area (Å²) in [5, 5.41) is 5.80. The lowest BCUT2D eigenvalue weighted by molar-refractivity contribution is 0.550. The summed E-state index contributed by atoms with van der Waals surface area (Å²) in [6, 6.07) is 3.27. The van der Waals surface area contributed by atoms with Gasteiger partial charge in [-0.15, -0.1) is 11.3 Å². The molecule has 1 heterocycles. The van der Waals surface area contributed by atoms with Crippen molar-refractivity contribution in [1.82, 2.24) is 10.3 Å². The van der Waals surface area contributed by atoms with Crippen LogP contribution in [-0.4, -0.2) is 12.0 Å². The monoisotopic (exact) mass is 282 g/mol. The Balaban J connectivity index is 2.38. The zero-order valence-corrected chi connectivity index (χ0v) is 11.9. The molecule has 0 saturated heterocycles. The second-order valence-corrected chi connectivity index (χ2v) is 5.54. The molecule has 102 valence electrons. The molecule has 2 rings (SSSR count). The van der Waals surface area contributed by atoms with Crippen LogP contribution in [0.5, 0.6) is 0 Å². The van der Waals surface area contributed by atoms with Gasteiger partial charge in [0, 0.05) is 17.0 Å². The fraction of sp³-hybridized carbons (Fsp3) is 0.357. The maximum Gasteiger partial charge on any atom is 0.131 e. The van der Waals surface area contributed by atoms with Crippen LogP contribution in [0, 0.1) is 11.6 Å². The van der Waals surface area contributed by atoms with Crippen molar-refractivity contribution in [1.29, 1.82) is 0 Å². The number of rotatable bonds is 4. The van der Waals surface area contributed by atoms with Gasteiger partial charge in [0.05, 0.1) is 11.7 Å². The van der Waals surface area contributed by atoms with Crippen LogP contribution in [0.25, 0.3) is 0 Å². The largest absolute Gasteiger partial charge is 0.307 e. The van der Waals surface area contributed by atoms with E-state index in [0.29, 0.717) is 11.5 Å². The van der Waals surface area contributed by atoms with E-state index in [1.54, 1.807) is 7.05 Å². The van der Waals surface area contributed by atoms with Crippen molar-refractivity contribution in [3.05, 3.63) is 51.5 Å². The Morgan fingerprint density at radius 3 is 2.53 bits per heavy atom. The van der Waals surface area contributed by atoms with Crippen molar-refractivity contribution < 1.29 is 8.78 Å². The Morgan fingerprint density at radius 1 is 1.26 bits per heavy atom. The van der Waals surface area contributed by atoms with Gasteiger partial charge in [-0.25, -0.2) is 13.8 Å². The van der Waals surface area contributed by atoms with Gasteiger partial charge < -0.3 is 5.32 Å². The first-order chi connectivity index (χ1) is 9.02. The number of benzene rings is 1. The standard InChI is InChI=1S/C14H16F2N2S/c1-8(2)12-7-19-14(18-12)13(17-3)10-5-4-9(15)6-11(10)16/h4-8,13,17H,1-3H3. The van der Waals surface area contributed by atoms with Crippen LogP contribution in [0.3, 0.4) is 0 Å². The van der Waals surface area contributed by atoms with Crippen LogP contribution in [0.2, 0.25) is 0 Å². The van der Waals surface area contributed by atoms with E-state index in [1.807, 2.05) is 5.38 Å². The zero-order chi connectivity index (χ0) is 14.0. The number of halogens is 2. The Labute approximate surface area is 115 Å². The smallest absolute Gasteiger partial charge is 0.131 e. The lowest BCUT2D eigenvalue weighted by Crippen LogP contribution is -2.19. The number of hydrogen-bond acceptors (Lipinski definition) is 3. The average molecular weight is 282 g/mol. The van der Waals surface area contributed by atoms with Crippen molar-refractivity contribution in [3.8, 4) is 0 Å². The first-order valence-corrected chi connectivity index (χ1v) is 6.98. The van der Waals surface area contributed by atoms with E-state index in [0.717, 1.165) is 16.8 Å². The number of aromatic nitrogens is 1. The number of nitrogens with zero attached hydrogens (tertiary/aromatic N) is 1. The maximum absolute atomic E-state index is 13.8. The SMILES string of the molecule is CNC(c1nc(C(C)C)cs1)c1ccc(F)cc1F. The van der Waals surface area contributed by atoms with E-state index in [9.17, 15) is 8.78 Å². The Bertz CT molecular complexity index is 566. The summed E-state index contributed by atoms with van der Waals surface area (Å²) in [4.78, 5) is 4.52. The molecule has 0 spiro atoms. The molecule has 19 heavy (non-hydrogen) atoms. The van der Waals surface area contributed by atoms with Gasteiger partial charge >= 0.3 is 0 Å². The third-order valence-electron chi connectivity index (χ3n) is 2.94. The first-order valence-electron chi connectivity index (χ1n) is 6.10. The first kappa shape index (κ1) is 14.1. The molecule has 1 atom stereocenters. The van der Waals surface area contributed by atoms with Gasteiger partial charge in [-0.3, -0.25) is 0 Å². The third-order valence-corrected chi connectivity index (χ3v) is 3.87. The van der Waals surface area contributed by atoms with E-state index >= 15 is 0 Å². The second-order valence-electron chi connectivity index (χ2n) is 4.65. The lowest BCUT2D eigenvalue weighted by Gasteiger charge is -2.14.